The Hall–Kier alpha value is -1.82. The Bertz CT molecular complexity index is 447. The quantitative estimate of drug-likeness (QED) is 0.555. The van der Waals surface area contributed by atoms with Gasteiger partial charge in [-0.05, 0) is 5.56 Å². The molecule has 1 aromatic carbocycles. The molecule has 0 aliphatic carbocycles. The summed E-state index contributed by atoms with van der Waals surface area (Å²) in [6.07, 6.45) is -2.85. The van der Waals surface area contributed by atoms with Crippen LogP contribution < -0.4 is 5.32 Å². The topological polar surface area (TPSA) is 63.0 Å². The fraction of sp³-hybridized carbons (Fsp3) is 0.333. The van der Waals surface area contributed by atoms with Crippen LogP contribution in [0.1, 0.15) is 11.6 Å². The lowest BCUT2D eigenvalue weighted by Gasteiger charge is -2.35. The summed E-state index contributed by atoms with van der Waals surface area (Å²) in [7, 11) is 0. The van der Waals surface area contributed by atoms with Crippen molar-refractivity contribution in [3.8, 4) is 0 Å². The highest BCUT2D eigenvalue weighted by Gasteiger charge is 2.31. The minimum absolute atomic E-state index is 0.00208. The van der Waals surface area contributed by atoms with Gasteiger partial charge in [-0.2, -0.15) is 0 Å². The summed E-state index contributed by atoms with van der Waals surface area (Å²) in [6.45, 7) is 0.697. The average Bonchev–Trinajstić information content (AvgIpc) is 2.39. The lowest BCUT2D eigenvalue weighted by Crippen LogP contribution is -2.53. The Morgan fingerprint density at radius 3 is 2.61 bits per heavy atom. The molecule has 1 aliphatic heterocycles. The smallest absolute Gasteiger partial charge is 0.295 e. The molecule has 3 N–H and O–H groups in total. The van der Waals surface area contributed by atoms with Crippen LogP contribution in [-0.4, -0.2) is 36.1 Å². The first kappa shape index (κ1) is 12.6. The van der Waals surface area contributed by atoms with E-state index in [1.54, 1.807) is 0 Å². The molecule has 18 heavy (non-hydrogen) atoms. The molecule has 96 valence electrons. The van der Waals surface area contributed by atoms with Crippen LogP contribution in [0.15, 0.2) is 30.3 Å². The Morgan fingerprint density at radius 1 is 1.33 bits per heavy atom. The number of piperazine rings is 1. The van der Waals surface area contributed by atoms with Gasteiger partial charge in [0.2, 0.25) is 0 Å². The normalized spacial score (nSPS) is 20.3. The third kappa shape index (κ3) is 2.38. The lowest BCUT2D eigenvalue weighted by molar-refractivity contribution is 0.207. The van der Waals surface area contributed by atoms with Gasteiger partial charge in [-0.3, -0.25) is 10.8 Å². The van der Waals surface area contributed by atoms with E-state index in [9.17, 15) is 8.78 Å². The molecule has 1 unspecified atom stereocenters. The number of rotatable bonds is 2. The largest absolute Gasteiger partial charge is 0.311 e. The van der Waals surface area contributed by atoms with Gasteiger partial charge in [0, 0.05) is 13.1 Å². The molecule has 0 amide bonds. The van der Waals surface area contributed by atoms with Crippen molar-refractivity contribution in [2.75, 3.05) is 13.1 Å². The summed E-state index contributed by atoms with van der Waals surface area (Å²) in [4.78, 5) is 1.07. The minimum Gasteiger partial charge on any atom is -0.311 e. The summed E-state index contributed by atoms with van der Waals surface area (Å²) >= 11 is 0. The van der Waals surface area contributed by atoms with Gasteiger partial charge < -0.3 is 10.2 Å². The van der Waals surface area contributed by atoms with E-state index in [-0.39, 0.29) is 12.4 Å². The van der Waals surface area contributed by atoms with E-state index in [4.69, 9.17) is 10.8 Å². The van der Waals surface area contributed by atoms with Crippen molar-refractivity contribution in [3.05, 3.63) is 35.9 Å². The molecule has 2 rings (SSSR count). The summed E-state index contributed by atoms with van der Waals surface area (Å²) in [5.74, 6) is -0.805. The first-order chi connectivity index (χ1) is 8.61. The summed E-state index contributed by atoms with van der Waals surface area (Å²) in [5, 5.41) is 18.4. The van der Waals surface area contributed by atoms with Crippen molar-refractivity contribution >= 4 is 11.7 Å². The Kier molecular flexibility index (Phi) is 3.66. The van der Waals surface area contributed by atoms with Gasteiger partial charge in [-0.25, -0.2) is 8.78 Å². The maximum absolute atomic E-state index is 12.5. The van der Waals surface area contributed by atoms with E-state index >= 15 is 0 Å². The van der Waals surface area contributed by atoms with Crippen LogP contribution in [0.25, 0.3) is 0 Å². The number of nitrogens with one attached hydrogen (secondary N) is 3. The summed E-state index contributed by atoms with van der Waals surface area (Å²) < 4.78 is 25.1. The fourth-order valence-corrected chi connectivity index (χ4v) is 1.98. The van der Waals surface area contributed by atoms with Gasteiger partial charge in [0.25, 0.3) is 6.43 Å². The highest BCUT2D eigenvalue weighted by molar-refractivity contribution is 6.02. The lowest BCUT2D eigenvalue weighted by atomic mass is 10.0. The zero-order valence-corrected chi connectivity index (χ0v) is 9.66. The van der Waals surface area contributed by atoms with E-state index in [1.165, 1.54) is 0 Å². The second-order valence-electron chi connectivity index (χ2n) is 4.02. The molecule has 1 aromatic rings. The number of benzene rings is 1. The van der Waals surface area contributed by atoms with Crippen LogP contribution in [0.4, 0.5) is 8.78 Å². The van der Waals surface area contributed by atoms with Gasteiger partial charge in [-0.1, -0.05) is 30.3 Å². The average molecular weight is 252 g/mol. The third-order valence-electron chi connectivity index (χ3n) is 2.88. The van der Waals surface area contributed by atoms with Crippen molar-refractivity contribution in [1.29, 1.82) is 10.8 Å². The van der Waals surface area contributed by atoms with Crippen LogP contribution in [0.3, 0.4) is 0 Å². The van der Waals surface area contributed by atoms with Gasteiger partial charge in [-0.15, -0.1) is 0 Å². The molecular weight excluding hydrogens is 238 g/mol. The predicted molar refractivity (Wildman–Crippen MR) is 65.3 cm³/mol. The van der Waals surface area contributed by atoms with Gasteiger partial charge in [0.05, 0.1) is 6.04 Å². The first-order valence-corrected chi connectivity index (χ1v) is 5.62. The molecule has 4 nitrogen and oxygen atoms in total. The third-order valence-corrected chi connectivity index (χ3v) is 2.88. The molecule has 1 fully saturated rings. The van der Waals surface area contributed by atoms with Crippen LogP contribution >= 0.6 is 0 Å². The highest BCUT2D eigenvalue weighted by Crippen LogP contribution is 2.20. The molecule has 1 heterocycles. The van der Waals surface area contributed by atoms with Crippen molar-refractivity contribution in [1.82, 2.24) is 10.2 Å². The van der Waals surface area contributed by atoms with Crippen LogP contribution in [0, 0.1) is 10.8 Å². The number of alkyl halides is 2. The van der Waals surface area contributed by atoms with E-state index in [0.717, 1.165) is 10.5 Å². The highest BCUT2D eigenvalue weighted by atomic mass is 19.3. The molecule has 6 heteroatoms. The molecule has 1 aliphatic rings. The van der Waals surface area contributed by atoms with E-state index in [2.05, 4.69) is 5.32 Å². The summed E-state index contributed by atoms with van der Waals surface area (Å²) in [6, 6.07) is 8.76. The molecule has 0 radical (unpaired) electrons. The maximum Gasteiger partial charge on any atom is 0.295 e. The fourth-order valence-electron chi connectivity index (χ4n) is 1.98. The van der Waals surface area contributed by atoms with Crippen molar-refractivity contribution in [2.24, 2.45) is 0 Å². The van der Waals surface area contributed by atoms with Gasteiger partial charge >= 0.3 is 0 Å². The SMILES string of the molecule is N=C(C(F)F)N1CCNC(c2ccccc2)C1=N. The standard InChI is InChI=1S/C12H14F2N4/c13-10(14)12(16)18-7-6-17-9(11(18)15)8-4-2-1-3-5-8/h1-5,9-10,15-17H,6-7H2. The molecule has 0 saturated carbocycles. The molecular formula is C12H14F2N4. The zero-order chi connectivity index (χ0) is 13.1. The molecule has 1 atom stereocenters. The van der Waals surface area contributed by atoms with Gasteiger partial charge in [0.15, 0.2) is 5.84 Å². The Labute approximate surface area is 104 Å². The Morgan fingerprint density at radius 2 is 2.00 bits per heavy atom. The number of hydrogen-bond acceptors (Lipinski definition) is 3. The van der Waals surface area contributed by atoms with Crippen LogP contribution in [0.2, 0.25) is 0 Å². The summed E-state index contributed by atoms with van der Waals surface area (Å²) in [5.41, 5.74) is 0.842. The predicted octanol–water partition coefficient (Wildman–Crippen LogP) is 1.85. The second-order valence-corrected chi connectivity index (χ2v) is 4.02. The number of hydrogen-bond donors (Lipinski definition) is 3. The van der Waals surface area contributed by atoms with Crippen molar-refractivity contribution < 1.29 is 8.78 Å². The van der Waals surface area contributed by atoms with Gasteiger partial charge in [0.1, 0.15) is 5.84 Å². The van der Waals surface area contributed by atoms with E-state index < -0.39 is 18.3 Å². The molecule has 0 bridgehead atoms. The number of amidine groups is 2. The van der Waals surface area contributed by atoms with Crippen molar-refractivity contribution in [3.63, 3.8) is 0 Å². The van der Waals surface area contributed by atoms with E-state index in [0.29, 0.717) is 6.54 Å². The number of halogens is 2. The Balaban J connectivity index is 2.20. The van der Waals surface area contributed by atoms with Crippen LogP contribution in [0.5, 0.6) is 0 Å². The zero-order valence-electron chi connectivity index (χ0n) is 9.66. The van der Waals surface area contributed by atoms with Crippen molar-refractivity contribution in [2.45, 2.75) is 12.5 Å². The second kappa shape index (κ2) is 5.22. The monoisotopic (exact) mass is 252 g/mol. The molecule has 0 aromatic heterocycles. The number of nitrogens with zero attached hydrogens (tertiary/aromatic N) is 1. The molecule has 1 saturated heterocycles. The van der Waals surface area contributed by atoms with E-state index in [1.807, 2.05) is 30.3 Å². The van der Waals surface area contributed by atoms with Crippen LogP contribution in [-0.2, 0) is 0 Å². The molecule has 0 spiro atoms. The minimum atomic E-state index is -2.85. The first-order valence-electron chi connectivity index (χ1n) is 5.62. The maximum atomic E-state index is 12.5.